The lowest BCUT2D eigenvalue weighted by Crippen LogP contribution is -2.23. The molecule has 92 valence electrons. The third-order valence-corrected chi connectivity index (χ3v) is 2.45. The summed E-state index contributed by atoms with van der Waals surface area (Å²) >= 11 is 0. The third kappa shape index (κ3) is 2.76. The van der Waals surface area contributed by atoms with Crippen LogP contribution in [0.25, 0.3) is 0 Å². The molecule has 0 aliphatic rings. The molecule has 1 aromatic heterocycles. The molecule has 5 nitrogen and oxygen atoms in total. The normalized spacial score (nSPS) is 10.0. The van der Waals surface area contributed by atoms with Gasteiger partial charge in [0.2, 0.25) is 0 Å². The Morgan fingerprint density at radius 3 is 2.83 bits per heavy atom. The molecule has 0 saturated heterocycles. The highest BCUT2D eigenvalue weighted by atomic mass is 16.3. The van der Waals surface area contributed by atoms with Crippen LogP contribution < -0.4 is 11.1 Å². The topological polar surface area (TPSA) is 88.2 Å². The van der Waals surface area contributed by atoms with E-state index in [0.717, 1.165) is 5.69 Å². The molecule has 0 spiro atoms. The van der Waals surface area contributed by atoms with Crippen molar-refractivity contribution in [3.63, 3.8) is 0 Å². The van der Waals surface area contributed by atoms with Gasteiger partial charge in [-0.15, -0.1) is 0 Å². The summed E-state index contributed by atoms with van der Waals surface area (Å²) in [5.41, 5.74) is 6.84. The second-order valence-electron chi connectivity index (χ2n) is 3.78. The van der Waals surface area contributed by atoms with Crippen LogP contribution in [0.4, 0.5) is 5.69 Å². The molecule has 4 N–H and O–H groups in total. The number of nitrogens with one attached hydrogen (secondary N) is 1. The molecule has 18 heavy (non-hydrogen) atoms. The number of nitrogen functional groups attached to an aromatic ring is 1. The number of hydrogen-bond donors (Lipinski definition) is 3. The molecule has 1 aromatic carbocycles. The van der Waals surface area contributed by atoms with E-state index in [1.807, 2.05) is 18.2 Å². The van der Waals surface area contributed by atoms with Crippen molar-refractivity contribution in [2.45, 2.75) is 6.54 Å². The molecule has 0 fully saturated rings. The number of aromatic nitrogens is 1. The minimum Gasteiger partial charge on any atom is -0.506 e. The summed E-state index contributed by atoms with van der Waals surface area (Å²) < 4.78 is 0. The van der Waals surface area contributed by atoms with Gasteiger partial charge in [0.05, 0.1) is 17.9 Å². The highest BCUT2D eigenvalue weighted by molar-refractivity contribution is 5.95. The van der Waals surface area contributed by atoms with E-state index in [9.17, 15) is 9.90 Å². The van der Waals surface area contributed by atoms with E-state index in [-0.39, 0.29) is 17.3 Å². The zero-order valence-electron chi connectivity index (χ0n) is 9.63. The van der Waals surface area contributed by atoms with E-state index < -0.39 is 0 Å². The summed E-state index contributed by atoms with van der Waals surface area (Å²) in [6.07, 6.45) is 1.66. The Balaban J connectivity index is 2.02. The van der Waals surface area contributed by atoms with Gasteiger partial charge in [-0.05, 0) is 30.3 Å². The quantitative estimate of drug-likeness (QED) is 0.560. The number of hydrogen-bond acceptors (Lipinski definition) is 4. The van der Waals surface area contributed by atoms with E-state index in [0.29, 0.717) is 12.1 Å². The van der Waals surface area contributed by atoms with Crippen LogP contribution >= 0.6 is 0 Å². The van der Waals surface area contributed by atoms with E-state index >= 15 is 0 Å². The zero-order chi connectivity index (χ0) is 13.0. The summed E-state index contributed by atoms with van der Waals surface area (Å²) in [5, 5.41) is 12.1. The average Bonchev–Trinajstić information content (AvgIpc) is 2.40. The largest absolute Gasteiger partial charge is 0.506 e. The number of carbonyl (C=O) groups is 1. The van der Waals surface area contributed by atoms with Crippen LogP contribution in [0.3, 0.4) is 0 Å². The van der Waals surface area contributed by atoms with E-state index in [2.05, 4.69) is 10.3 Å². The molecule has 0 aliphatic carbocycles. The van der Waals surface area contributed by atoms with Gasteiger partial charge in [-0.25, -0.2) is 0 Å². The number of pyridine rings is 1. The van der Waals surface area contributed by atoms with Crippen molar-refractivity contribution in [3.05, 3.63) is 53.9 Å². The molecular formula is C13H13N3O2. The minimum absolute atomic E-state index is 0.0968. The molecule has 0 bridgehead atoms. The molecule has 1 heterocycles. The van der Waals surface area contributed by atoms with Crippen molar-refractivity contribution in [2.75, 3.05) is 5.73 Å². The monoisotopic (exact) mass is 243 g/mol. The number of rotatable bonds is 3. The first-order chi connectivity index (χ1) is 8.66. The molecule has 0 radical (unpaired) electrons. The molecule has 2 rings (SSSR count). The maximum Gasteiger partial charge on any atom is 0.251 e. The maximum atomic E-state index is 11.8. The van der Waals surface area contributed by atoms with Gasteiger partial charge in [0.25, 0.3) is 5.91 Å². The minimum atomic E-state index is -0.282. The van der Waals surface area contributed by atoms with Crippen molar-refractivity contribution in [2.24, 2.45) is 0 Å². The summed E-state index contributed by atoms with van der Waals surface area (Å²) in [5.74, 6) is -0.378. The summed E-state index contributed by atoms with van der Waals surface area (Å²) in [4.78, 5) is 15.9. The predicted octanol–water partition coefficient (Wildman–Crippen LogP) is 1.30. The first-order valence-electron chi connectivity index (χ1n) is 5.43. The van der Waals surface area contributed by atoms with Crippen LogP contribution in [0.5, 0.6) is 5.75 Å². The standard InChI is InChI=1S/C13H13N3O2/c14-11-5-4-9(7-12(11)17)13(18)16-8-10-3-1-2-6-15-10/h1-7,17H,8,14H2,(H,16,18). The van der Waals surface area contributed by atoms with Crippen LogP contribution in [0, 0.1) is 0 Å². The lowest BCUT2D eigenvalue weighted by atomic mass is 10.2. The Hall–Kier alpha value is -2.56. The van der Waals surface area contributed by atoms with Crippen molar-refractivity contribution in [3.8, 4) is 5.75 Å². The molecule has 1 amide bonds. The van der Waals surface area contributed by atoms with Gasteiger partial charge in [0.1, 0.15) is 5.75 Å². The highest BCUT2D eigenvalue weighted by Gasteiger charge is 2.07. The number of nitrogens with zero attached hydrogens (tertiary/aromatic N) is 1. The van der Waals surface area contributed by atoms with Crippen LogP contribution in [0.1, 0.15) is 16.1 Å². The van der Waals surface area contributed by atoms with Gasteiger partial charge in [-0.2, -0.15) is 0 Å². The number of benzene rings is 1. The van der Waals surface area contributed by atoms with Gasteiger partial charge >= 0.3 is 0 Å². The average molecular weight is 243 g/mol. The number of phenols is 1. The second-order valence-corrected chi connectivity index (χ2v) is 3.78. The van der Waals surface area contributed by atoms with Crippen LogP contribution in [-0.2, 0) is 6.54 Å². The predicted molar refractivity (Wildman–Crippen MR) is 67.9 cm³/mol. The van der Waals surface area contributed by atoms with Gasteiger partial charge < -0.3 is 16.2 Å². The molecule has 0 unspecified atom stereocenters. The number of anilines is 1. The van der Waals surface area contributed by atoms with Gasteiger partial charge in [-0.3, -0.25) is 9.78 Å². The Morgan fingerprint density at radius 2 is 2.17 bits per heavy atom. The maximum absolute atomic E-state index is 11.8. The smallest absolute Gasteiger partial charge is 0.251 e. The van der Waals surface area contributed by atoms with E-state index in [1.165, 1.54) is 12.1 Å². The molecular weight excluding hydrogens is 230 g/mol. The Labute approximate surface area is 104 Å². The van der Waals surface area contributed by atoms with Gasteiger partial charge in [-0.1, -0.05) is 6.07 Å². The highest BCUT2D eigenvalue weighted by Crippen LogP contribution is 2.20. The fourth-order valence-electron chi connectivity index (χ4n) is 1.46. The van der Waals surface area contributed by atoms with E-state index in [1.54, 1.807) is 12.3 Å². The number of aromatic hydroxyl groups is 1. The summed E-state index contributed by atoms with van der Waals surface area (Å²) in [7, 11) is 0. The zero-order valence-corrected chi connectivity index (χ0v) is 9.63. The number of nitrogens with two attached hydrogens (primary N) is 1. The molecule has 5 heteroatoms. The first-order valence-corrected chi connectivity index (χ1v) is 5.43. The summed E-state index contributed by atoms with van der Waals surface area (Å²) in [6.45, 7) is 0.338. The Morgan fingerprint density at radius 1 is 1.33 bits per heavy atom. The fourth-order valence-corrected chi connectivity index (χ4v) is 1.46. The second kappa shape index (κ2) is 5.18. The van der Waals surface area contributed by atoms with Gasteiger partial charge in [0.15, 0.2) is 0 Å². The third-order valence-electron chi connectivity index (χ3n) is 2.45. The van der Waals surface area contributed by atoms with Crippen molar-refractivity contribution >= 4 is 11.6 Å². The lowest BCUT2D eigenvalue weighted by molar-refractivity contribution is 0.0950. The fraction of sp³-hybridized carbons (Fsp3) is 0.0769. The van der Waals surface area contributed by atoms with Crippen LogP contribution in [0.2, 0.25) is 0 Å². The lowest BCUT2D eigenvalue weighted by Gasteiger charge is -2.06. The van der Waals surface area contributed by atoms with E-state index in [4.69, 9.17) is 5.73 Å². The van der Waals surface area contributed by atoms with Crippen molar-refractivity contribution < 1.29 is 9.90 Å². The molecule has 2 aromatic rings. The molecule has 0 aliphatic heterocycles. The number of phenolic OH excluding ortho intramolecular Hbond substituents is 1. The van der Waals surface area contributed by atoms with Crippen LogP contribution in [0.15, 0.2) is 42.6 Å². The van der Waals surface area contributed by atoms with Crippen LogP contribution in [-0.4, -0.2) is 16.0 Å². The van der Waals surface area contributed by atoms with Crippen molar-refractivity contribution in [1.82, 2.24) is 10.3 Å². The number of carbonyl (C=O) groups excluding carboxylic acids is 1. The van der Waals surface area contributed by atoms with Crippen molar-refractivity contribution in [1.29, 1.82) is 0 Å². The van der Waals surface area contributed by atoms with Gasteiger partial charge in [0, 0.05) is 11.8 Å². The Bertz CT molecular complexity index is 555. The SMILES string of the molecule is Nc1ccc(C(=O)NCc2ccccn2)cc1O. The molecule has 0 saturated carbocycles. The molecule has 0 atom stereocenters. The Kier molecular flexibility index (Phi) is 3.43. The first kappa shape index (κ1) is 11.9. The number of amides is 1. The summed E-state index contributed by atoms with van der Waals surface area (Å²) in [6, 6.07) is 9.87.